The fourth-order valence-electron chi connectivity index (χ4n) is 4.06. The summed E-state index contributed by atoms with van der Waals surface area (Å²) in [6.07, 6.45) is -10.4. The van der Waals surface area contributed by atoms with Crippen LogP contribution in [0.15, 0.2) is 36.2 Å². The SMILES string of the molecule is CSC[C@H](C)NC(=O)c1c(Cl)cccc1C(=O)Nc1cnc(CN2C=C(C(F)(F)C(F)(F)F)C(C(F)(F)C(F)(F)F)N2)nc1C. The van der Waals surface area contributed by atoms with Crippen molar-refractivity contribution in [3.8, 4) is 0 Å². The molecule has 1 unspecified atom stereocenters. The first-order valence-corrected chi connectivity index (χ1v) is 14.2. The van der Waals surface area contributed by atoms with E-state index in [1.54, 1.807) is 6.92 Å². The van der Waals surface area contributed by atoms with Crippen LogP contribution in [0.1, 0.15) is 39.2 Å². The van der Waals surface area contributed by atoms with Gasteiger partial charge in [0.1, 0.15) is 11.9 Å². The number of hydrazine groups is 1. The number of nitrogens with one attached hydrogen (secondary N) is 3. The molecule has 0 fully saturated rings. The van der Waals surface area contributed by atoms with Crippen LogP contribution < -0.4 is 16.1 Å². The van der Waals surface area contributed by atoms with E-state index in [2.05, 4.69) is 20.6 Å². The molecule has 2 atom stereocenters. The number of anilines is 1. The lowest BCUT2D eigenvalue weighted by atomic mass is 9.96. The number of thioether (sulfide) groups is 1. The average molecular weight is 697 g/mol. The van der Waals surface area contributed by atoms with Gasteiger partial charge in [0, 0.05) is 18.0 Å². The summed E-state index contributed by atoms with van der Waals surface area (Å²) in [5, 5.41) is 5.26. The number of nitrogens with zero attached hydrogens (tertiary/aromatic N) is 3. The molecule has 2 aromatic rings. The van der Waals surface area contributed by atoms with E-state index in [0.717, 1.165) is 6.20 Å². The van der Waals surface area contributed by atoms with Gasteiger partial charge in [-0.3, -0.25) is 9.59 Å². The number of aryl methyl sites for hydroxylation is 1. The first kappa shape index (κ1) is 36.2. The Bertz CT molecular complexity index is 1470. The molecule has 1 aromatic heterocycles. The van der Waals surface area contributed by atoms with Crippen molar-refractivity contribution < 1.29 is 53.5 Å². The van der Waals surface area contributed by atoms with Gasteiger partial charge >= 0.3 is 24.2 Å². The van der Waals surface area contributed by atoms with Crippen LogP contribution in [0.2, 0.25) is 5.02 Å². The number of carbonyl (C=O) groups is 2. The standard InChI is InChI=1S/C25H23ClF10N6O2S/c1-11(10-45-3)38-21(44)18-13(5-4-6-15(18)26)20(43)40-16-7-37-17(39-12(16)2)9-42-8-14(22(27,28)24(31,32)33)19(41-42)23(29,30)25(34,35)36/h4-8,11,19,41H,9-10H2,1-3H3,(H,38,44)(H,40,43)/t11-,19?/m0/s1. The lowest BCUT2D eigenvalue weighted by Gasteiger charge is -2.31. The zero-order valence-electron chi connectivity index (χ0n) is 23.2. The summed E-state index contributed by atoms with van der Waals surface area (Å²) in [6.45, 7) is 2.10. The maximum Gasteiger partial charge on any atom is 0.457 e. The highest BCUT2D eigenvalue weighted by molar-refractivity contribution is 7.98. The van der Waals surface area contributed by atoms with Gasteiger partial charge in [-0.25, -0.2) is 15.4 Å². The van der Waals surface area contributed by atoms with Crippen LogP contribution in [0.3, 0.4) is 0 Å². The normalized spacial score (nSPS) is 16.8. The molecule has 0 radical (unpaired) electrons. The summed E-state index contributed by atoms with van der Waals surface area (Å²) in [7, 11) is 0. The monoisotopic (exact) mass is 696 g/mol. The van der Waals surface area contributed by atoms with Crippen molar-refractivity contribution in [3.05, 3.63) is 63.8 Å². The van der Waals surface area contributed by atoms with Gasteiger partial charge < -0.3 is 15.6 Å². The second-order valence-corrected chi connectivity index (χ2v) is 11.0. The van der Waals surface area contributed by atoms with Crippen LogP contribution in [0.4, 0.5) is 49.6 Å². The third-order valence-electron chi connectivity index (χ3n) is 6.23. The second-order valence-electron chi connectivity index (χ2n) is 9.70. The summed E-state index contributed by atoms with van der Waals surface area (Å²) in [5.74, 6) is -13.4. The van der Waals surface area contributed by atoms with Gasteiger partial charge in [-0.1, -0.05) is 17.7 Å². The third kappa shape index (κ3) is 7.74. The van der Waals surface area contributed by atoms with E-state index >= 15 is 0 Å². The number of benzene rings is 1. The quantitative estimate of drug-likeness (QED) is 0.257. The Morgan fingerprint density at radius 3 is 2.27 bits per heavy atom. The molecule has 3 N–H and O–H groups in total. The number of carbonyl (C=O) groups excluding carboxylic acids is 2. The Kier molecular flexibility index (Phi) is 10.6. The highest BCUT2D eigenvalue weighted by Gasteiger charge is 2.71. The molecule has 1 aliphatic rings. The molecule has 248 valence electrons. The Labute approximate surface area is 257 Å². The Hall–Kier alpha value is -3.32. The topological polar surface area (TPSA) is 99.2 Å². The van der Waals surface area contributed by atoms with Gasteiger partial charge in [0.2, 0.25) is 0 Å². The smallest absolute Gasteiger partial charge is 0.349 e. The van der Waals surface area contributed by atoms with Crippen molar-refractivity contribution in [2.45, 2.75) is 56.7 Å². The van der Waals surface area contributed by atoms with E-state index in [1.807, 2.05) is 6.26 Å². The van der Waals surface area contributed by atoms with Crippen molar-refractivity contribution in [3.63, 3.8) is 0 Å². The number of hydrogen-bond donors (Lipinski definition) is 3. The minimum absolute atomic E-state index is 0.0313. The number of amides is 2. The van der Waals surface area contributed by atoms with E-state index < -0.39 is 60.0 Å². The highest BCUT2D eigenvalue weighted by atomic mass is 35.5. The zero-order chi connectivity index (χ0) is 34.1. The molecule has 2 amide bonds. The van der Waals surface area contributed by atoms with Crippen molar-refractivity contribution in [2.24, 2.45) is 0 Å². The fraction of sp³-hybridized carbons (Fsp3) is 0.440. The number of halogens is 11. The number of hydrogen-bond acceptors (Lipinski definition) is 7. The predicted molar refractivity (Wildman–Crippen MR) is 144 cm³/mol. The molecule has 0 saturated carbocycles. The van der Waals surface area contributed by atoms with E-state index in [1.165, 1.54) is 42.3 Å². The van der Waals surface area contributed by atoms with Gasteiger partial charge in [-0.2, -0.15) is 55.7 Å². The molecule has 2 heterocycles. The summed E-state index contributed by atoms with van der Waals surface area (Å²) in [5.41, 5.74) is -1.61. The summed E-state index contributed by atoms with van der Waals surface area (Å²) >= 11 is 7.66. The number of alkyl halides is 10. The van der Waals surface area contributed by atoms with Crippen LogP contribution in [0.5, 0.6) is 0 Å². The largest absolute Gasteiger partial charge is 0.457 e. The van der Waals surface area contributed by atoms with Crippen molar-refractivity contribution >= 4 is 40.9 Å². The van der Waals surface area contributed by atoms with Crippen LogP contribution in [0, 0.1) is 6.92 Å². The lowest BCUT2D eigenvalue weighted by Crippen LogP contribution is -2.58. The molecule has 20 heteroatoms. The van der Waals surface area contributed by atoms with Gasteiger partial charge in [-0.15, -0.1) is 0 Å². The molecule has 8 nitrogen and oxygen atoms in total. The van der Waals surface area contributed by atoms with Crippen molar-refractivity contribution in [1.29, 1.82) is 0 Å². The van der Waals surface area contributed by atoms with E-state index in [-0.39, 0.29) is 44.8 Å². The van der Waals surface area contributed by atoms with E-state index in [4.69, 9.17) is 11.6 Å². The minimum Gasteiger partial charge on any atom is -0.349 e. The first-order chi connectivity index (χ1) is 20.6. The van der Waals surface area contributed by atoms with Crippen LogP contribution in [-0.2, 0) is 6.54 Å². The molecular weight excluding hydrogens is 674 g/mol. The fourth-order valence-corrected chi connectivity index (χ4v) is 4.90. The molecule has 1 aliphatic heterocycles. The molecule has 3 rings (SSSR count). The van der Waals surface area contributed by atoms with E-state index in [0.29, 0.717) is 5.75 Å². The highest BCUT2D eigenvalue weighted by Crippen LogP contribution is 2.50. The molecule has 0 spiro atoms. The summed E-state index contributed by atoms with van der Waals surface area (Å²) < 4.78 is 134. The molecule has 1 aromatic carbocycles. The molecule has 0 saturated heterocycles. The second kappa shape index (κ2) is 13.2. The van der Waals surface area contributed by atoms with E-state index in [9.17, 15) is 53.5 Å². The Morgan fingerprint density at radius 1 is 1.07 bits per heavy atom. The van der Waals surface area contributed by atoms with Gasteiger partial charge in [-0.05, 0) is 32.2 Å². The van der Waals surface area contributed by atoms with Crippen LogP contribution in [-0.4, -0.2) is 75.1 Å². The minimum atomic E-state index is -6.49. The van der Waals surface area contributed by atoms with Crippen LogP contribution >= 0.6 is 23.4 Å². The maximum absolute atomic E-state index is 14.0. The maximum atomic E-state index is 14.0. The van der Waals surface area contributed by atoms with Gasteiger partial charge in [0.25, 0.3) is 11.8 Å². The Morgan fingerprint density at radius 2 is 1.71 bits per heavy atom. The lowest BCUT2D eigenvalue weighted by molar-refractivity contribution is -0.301. The zero-order valence-corrected chi connectivity index (χ0v) is 24.8. The Balaban J connectivity index is 1.85. The molecule has 0 aliphatic carbocycles. The predicted octanol–water partition coefficient (Wildman–Crippen LogP) is 6.14. The van der Waals surface area contributed by atoms with Crippen LogP contribution in [0.25, 0.3) is 0 Å². The van der Waals surface area contributed by atoms with Crippen molar-refractivity contribution in [1.82, 2.24) is 25.7 Å². The summed E-state index contributed by atoms with van der Waals surface area (Å²) in [4.78, 5) is 33.6. The molecular formula is C25H23ClF10N6O2S. The number of aromatic nitrogens is 2. The van der Waals surface area contributed by atoms with Crippen molar-refractivity contribution in [2.75, 3.05) is 17.3 Å². The summed E-state index contributed by atoms with van der Waals surface area (Å²) in [6, 6.07) is 0.0400. The van der Waals surface area contributed by atoms with Gasteiger partial charge in [0.15, 0.2) is 0 Å². The first-order valence-electron chi connectivity index (χ1n) is 12.5. The number of rotatable bonds is 10. The average Bonchev–Trinajstić information content (AvgIpc) is 3.34. The molecule has 45 heavy (non-hydrogen) atoms. The third-order valence-corrected chi connectivity index (χ3v) is 7.38. The molecule has 0 bridgehead atoms. The van der Waals surface area contributed by atoms with Gasteiger partial charge in [0.05, 0.1) is 45.8 Å².